The van der Waals surface area contributed by atoms with Crippen molar-refractivity contribution >= 4 is 21.7 Å². The molecule has 0 aromatic heterocycles. The van der Waals surface area contributed by atoms with Gasteiger partial charge in [-0.3, -0.25) is 9.79 Å². The topological polar surface area (TPSA) is 109 Å². The van der Waals surface area contributed by atoms with E-state index in [1.54, 1.807) is 14.2 Å². The number of sulfone groups is 1. The molecule has 0 bridgehead atoms. The average Bonchev–Trinajstić information content (AvgIpc) is 3.23. The zero-order valence-corrected chi connectivity index (χ0v) is 17.4. The van der Waals surface area contributed by atoms with E-state index in [4.69, 9.17) is 4.74 Å². The minimum absolute atomic E-state index is 0.0545. The summed E-state index contributed by atoms with van der Waals surface area (Å²) in [5.74, 6) is 0.777. The number of ether oxygens (including phenoxy) is 1. The lowest BCUT2D eigenvalue weighted by atomic mass is 9.83. The molecule has 156 valence electrons. The van der Waals surface area contributed by atoms with Gasteiger partial charge in [-0.2, -0.15) is 0 Å². The summed E-state index contributed by atoms with van der Waals surface area (Å²) in [6.07, 6.45) is 6.75. The summed E-state index contributed by atoms with van der Waals surface area (Å²) in [7, 11) is 0.481. The van der Waals surface area contributed by atoms with Crippen LogP contribution in [0.25, 0.3) is 0 Å². The van der Waals surface area contributed by atoms with E-state index in [9.17, 15) is 13.2 Å². The highest BCUT2D eigenvalue weighted by molar-refractivity contribution is 7.91. The van der Waals surface area contributed by atoms with Crippen molar-refractivity contribution in [3.05, 3.63) is 0 Å². The summed E-state index contributed by atoms with van der Waals surface area (Å²) >= 11 is 0. The first kappa shape index (κ1) is 21.9. The maximum atomic E-state index is 12.0. The van der Waals surface area contributed by atoms with Gasteiger partial charge in [0.15, 0.2) is 15.8 Å². The molecular weight excluding hydrogens is 368 g/mol. The Hall–Kier alpha value is -1.35. The third kappa shape index (κ3) is 7.29. The second kappa shape index (κ2) is 10.3. The van der Waals surface area contributed by atoms with E-state index in [1.807, 2.05) is 0 Å². The molecule has 1 amide bonds. The first-order chi connectivity index (χ1) is 12.9. The summed E-state index contributed by atoms with van der Waals surface area (Å²) in [6.45, 7) is 2.07. The predicted octanol–water partition coefficient (Wildman–Crippen LogP) is 0.442. The van der Waals surface area contributed by atoms with E-state index in [2.05, 4.69) is 20.9 Å². The third-order valence-electron chi connectivity index (χ3n) is 5.60. The number of nitrogens with one attached hydrogen (secondary N) is 3. The van der Waals surface area contributed by atoms with E-state index >= 15 is 0 Å². The maximum Gasteiger partial charge on any atom is 0.222 e. The lowest BCUT2D eigenvalue weighted by Crippen LogP contribution is -2.44. The van der Waals surface area contributed by atoms with Gasteiger partial charge in [-0.05, 0) is 31.1 Å². The normalized spacial score (nSPS) is 23.9. The van der Waals surface area contributed by atoms with Crippen LogP contribution in [0.1, 0.15) is 44.9 Å². The highest BCUT2D eigenvalue weighted by Gasteiger charge is 2.33. The fourth-order valence-electron chi connectivity index (χ4n) is 3.95. The lowest BCUT2D eigenvalue weighted by molar-refractivity contribution is -0.121. The van der Waals surface area contributed by atoms with Gasteiger partial charge in [0.2, 0.25) is 5.91 Å². The van der Waals surface area contributed by atoms with Crippen LogP contribution in [0.5, 0.6) is 0 Å². The Morgan fingerprint density at radius 1 is 1.26 bits per heavy atom. The van der Waals surface area contributed by atoms with Crippen molar-refractivity contribution < 1.29 is 17.9 Å². The molecule has 1 saturated heterocycles. The third-order valence-corrected chi connectivity index (χ3v) is 7.37. The molecule has 1 saturated carbocycles. The van der Waals surface area contributed by atoms with E-state index in [1.165, 1.54) is 25.7 Å². The summed E-state index contributed by atoms with van der Waals surface area (Å²) in [5, 5.41) is 9.36. The first-order valence-corrected chi connectivity index (χ1v) is 11.6. The monoisotopic (exact) mass is 402 g/mol. The molecule has 0 spiro atoms. The molecule has 0 aromatic rings. The molecule has 2 fully saturated rings. The first-order valence-electron chi connectivity index (χ1n) is 9.81. The number of guanidine groups is 1. The van der Waals surface area contributed by atoms with Crippen LogP contribution < -0.4 is 16.0 Å². The van der Waals surface area contributed by atoms with Gasteiger partial charge < -0.3 is 20.7 Å². The lowest BCUT2D eigenvalue weighted by Gasteiger charge is -2.30. The number of amides is 1. The standard InChI is InChI=1S/C18H34N4O4S/c1-19-17(21-14-18(9-11-26-2)7-3-4-8-18)20-10-5-16(23)22-15-6-12-27(24,25)13-15/h15H,3-14H2,1-2H3,(H,22,23)(H2,19,20,21). The van der Waals surface area contributed by atoms with Crippen LogP contribution in [0.2, 0.25) is 0 Å². The molecule has 3 N–H and O–H groups in total. The van der Waals surface area contributed by atoms with Gasteiger partial charge in [0, 0.05) is 46.3 Å². The van der Waals surface area contributed by atoms with Gasteiger partial charge in [0.25, 0.3) is 0 Å². The van der Waals surface area contributed by atoms with Gasteiger partial charge in [0.1, 0.15) is 0 Å². The van der Waals surface area contributed by atoms with E-state index < -0.39 is 9.84 Å². The van der Waals surface area contributed by atoms with Gasteiger partial charge in [-0.25, -0.2) is 8.42 Å². The van der Waals surface area contributed by atoms with E-state index in [0.717, 1.165) is 19.6 Å². The molecule has 27 heavy (non-hydrogen) atoms. The van der Waals surface area contributed by atoms with Crippen molar-refractivity contribution in [1.82, 2.24) is 16.0 Å². The molecule has 1 aliphatic carbocycles. The van der Waals surface area contributed by atoms with E-state index in [0.29, 0.717) is 18.9 Å². The number of nitrogens with zero attached hydrogens (tertiary/aromatic N) is 1. The van der Waals surface area contributed by atoms with Crippen molar-refractivity contribution in [3.8, 4) is 0 Å². The maximum absolute atomic E-state index is 12.0. The van der Waals surface area contributed by atoms with Crippen molar-refractivity contribution in [2.75, 3.05) is 45.4 Å². The Bertz CT molecular complexity index is 615. The molecule has 0 radical (unpaired) electrons. The molecule has 8 nitrogen and oxygen atoms in total. The number of hydrogen-bond donors (Lipinski definition) is 3. The molecule has 0 aromatic carbocycles. The summed E-state index contributed by atoms with van der Waals surface area (Å²) in [6, 6.07) is -0.247. The highest BCUT2D eigenvalue weighted by Crippen LogP contribution is 2.40. The van der Waals surface area contributed by atoms with Crippen LogP contribution in [0.3, 0.4) is 0 Å². The predicted molar refractivity (Wildman–Crippen MR) is 107 cm³/mol. The van der Waals surface area contributed by atoms with Crippen molar-refractivity contribution in [2.24, 2.45) is 10.4 Å². The zero-order chi connectivity index (χ0) is 19.8. The number of methoxy groups -OCH3 is 1. The number of hydrogen-bond acceptors (Lipinski definition) is 5. The molecule has 1 atom stereocenters. The second-order valence-electron chi connectivity index (χ2n) is 7.72. The summed E-state index contributed by atoms with van der Waals surface area (Å²) in [4.78, 5) is 16.2. The quantitative estimate of drug-likeness (QED) is 0.381. The number of aliphatic imine (C=N–C) groups is 1. The van der Waals surface area contributed by atoms with Crippen LogP contribution in [0, 0.1) is 5.41 Å². The molecule has 1 unspecified atom stereocenters. The summed E-state index contributed by atoms with van der Waals surface area (Å²) in [5.41, 5.74) is 0.263. The van der Waals surface area contributed by atoms with Gasteiger partial charge >= 0.3 is 0 Å². The average molecular weight is 403 g/mol. The smallest absolute Gasteiger partial charge is 0.222 e. The van der Waals surface area contributed by atoms with Crippen LogP contribution >= 0.6 is 0 Å². The molecular formula is C18H34N4O4S. The second-order valence-corrected chi connectivity index (χ2v) is 9.95. The fourth-order valence-corrected chi connectivity index (χ4v) is 5.63. The Morgan fingerprint density at radius 3 is 2.59 bits per heavy atom. The Morgan fingerprint density at radius 2 is 2.00 bits per heavy atom. The summed E-state index contributed by atoms with van der Waals surface area (Å²) < 4.78 is 28.1. The highest BCUT2D eigenvalue weighted by atomic mass is 32.2. The largest absolute Gasteiger partial charge is 0.385 e. The minimum atomic E-state index is -2.98. The number of rotatable bonds is 9. The zero-order valence-electron chi connectivity index (χ0n) is 16.6. The van der Waals surface area contributed by atoms with Crippen molar-refractivity contribution in [2.45, 2.75) is 51.0 Å². The molecule has 9 heteroatoms. The molecule has 1 heterocycles. The van der Waals surface area contributed by atoms with Gasteiger partial charge in [0.05, 0.1) is 11.5 Å². The van der Waals surface area contributed by atoms with Gasteiger partial charge in [-0.1, -0.05) is 12.8 Å². The SMILES string of the molecule is CN=C(NCCC(=O)NC1CCS(=O)(=O)C1)NCC1(CCOC)CCCC1. The number of carbonyl (C=O) groups is 1. The van der Waals surface area contributed by atoms with Crippen molar-refractivity contribution in [3.63, 3.8) is 0 Å². The fraction of sp³-hybridized carbons (Fsp3) is 0.889. The van der Waals surface area contributed by atoms with Crippen LogP contribution in [-0.4, -0.2) is 71.7 Å². The Balaban J connectivity index is 1.68. The molecule has 2 aliphatic rings. The van der Waals surface area contributed by atoms with Crippen LogP contribution in [0.4, 0.5) is 0 Å². The minimum Gasteiger partial charge on any atom is -0.385 e. The molecule has 1 aliphatic heterocycles. The van der Waals surface area contributed by atoms with Crippen LogP contribution in [0.15, 0.2) is 4.99 Å². The molecule has 2 rings (SSSR count). The van der Waals surface area contributed by atoms with Crippen LogP contribution in [-0.2, 0) is 19.4 Å². The van der Waals surface area contributed by atoms with Crippen molar-refractivity contribution in [1.29, 1.82) is 0 Å². The van der Waals surface area contributed by atoms with E-state index in [-0.39, 0.29) is 35.3 Å². The van der Waals surface area contributed by atoms with Gasteiger partial charge in [-0.15, -0.1) is 0 Å². The number of carbonyl (C=O) groups excluding carboxylic acids is 1. The Labute approximate surface area is 162 Å². The Kier molecular flexibility index (Phi) is 8.34.